The zero-order valence-electron chi connectivity index (χ0n) is 27.0. The van der Waals surface area contributed by atoms with E-state index >= 15 is 0 Å². The molecule has 0 aromatic heterocycles. The van der Waals surface area contributed by atoms with Crippen molar-refractivity contribution in [3.8, 4) is 16.9 Å². The van der Waals surface area contributed by atoms with Crippen LogP contribution in [0.5, 0.6) is 5.75 Å². The summed E-state index contributed by atoms with van der Waals surface area (Å²) in [4.78, 5) is 3.65. The Balaban J connectivity index is 1.43. The predicted molar refractivity (Wildman–Crippen MR) is 197 cm³/mol. The molecule has 8 rings (SSSR count). The maximum absolute atomic E-state index is 14.0. The molecule has 7 aromatic rings. The Morgan fingerprint density at radius 3 is 1.82 bits per heavy atom. The lowest BCUT2D eigenvalue weighted by Crippen LogP contribution is -2.29. The Morgan fingerprint density at radius 2 is 1.10 bits per heavy atom. The van der Waals surface area contributed by atoms with Gasteiger partial charge in [0.1, 0.15) is 5.69 Å². The fourth-order valence-electron chi connectivity index (χ4n) is 6.70. The first kappa shape index (κ1) is 32.2. The van der Waals surface area contributed by atoms with E-state index in [1.165, 1.54) is 17.7 Å². The molecule has 0 unspecified atom stereocenters. The molecule has 0 fully saturated rings. The summed E-state index contributed by atoms with van der Waals surface area (Å²) >= 11 is 0. The number of fused-ring (bicyclic) bond motifs is 4. The van der Waals surface area contributed by atoms with Gasteiger partial charge in [-0.15, -0.1) is 0 Å². The summed E-state index contributed by atoms with van der Waals surface area (Å²) in [6.07, 6.45) is 0.782. The molecule has 1 aliphatic carbocycles. The SMILES string of the molecule is O=S(=O)(Oc1cccc(N(c2ccccc2)c2ccc3c(c2)-c2ccccc2C3)c1N(c1ccccc1)c1ccc2ccccc2c1)C(F)(F)F. The Labute approximate surface area is 293 Å². The van der Waals surface area contributed by atoms with Gasteiger partial charge in [0.2, 0.25) is 0 Å². The molecule has 9 heteroatoms. The van der Waals surface area contributed by atoms with Crippen molar-refractivity contribution in [3.63, 3.8) is 0 Å². The van der Waals surface area contributed by atoms with Gasteiger partial charge >= 0.3 is 15.6 Å². The fourth-order valence-corrected chi connectivity index (χ4v) is 7.17. The molecule has 0 atom stereocenters. The van der Waals surface area contributed by atoms with Gasteiger partial charge in [-0.25, -0.2) is 0 Å². The van der Waals surface area contributed by atoms with Crippen LogP contribution in [0.15, 0.2) is 164 Å². The highest BCUT2D eigenvalue weighted by atomic mass is 32.2. The number of hydrogen-bond donors (Lipinski definition) is 0. The van der Waals surface area contributed by atoms with Crippen molar-refractivity contribution < 1.29 is 25.8 Å². The van der Waals surface area contributed by atoms with Crippen LogP contribution in [0.2, 0.25) is 0 Å². The molecule has 0 radical (unpaired) electrons. The van der Waals surface area contributed by atoms with Gasteiger partial charge in [0.15, 0.2) is 5.75 Å². The van der Waals surface area contributed by atoms with E-state index in [2.05, 4.69) is 24.3 Å². The molecule has 0 heterocycles. The molecule has 1 aliphatic rings. The van der Waals surface area contributed by atoms with Crippen molar-refractivity contribution >= 4 is 55.0 Å². The summed E-state index contributed by atoms with van der Waals surface area (Å²) in [5, 5.41) is 1.85. The molecular formula is C42H29F3N2O3S. The zero-order chi connectivity index (χ0) is 35.2. The lowest BCUT2D eigenvalue weighted by atomic mass is 10.0. The highest BCUT2D eigenvalue weighted by Gasteiger charge is 2.49. The maximum atomic E-state index is 14.0. The van der Waals surface area contributed by atoms with Crippen LogP contribution in [0.1, 0.15) is 11.1 Å². The van der Waals surface area contributed by atoms with Crippen LogP contribution in [-0.2, 0) is 16.5 Å². The fraction of sp³-hybridized carbons (Fsp3) is 0.0476. The number of para-hydroxylation sites is 3. The Kier molecular flexibility index (Phi) is 8.00. The van der Waals surface area contributed by atoms with E-state index in [0.29, 0.717) is 22.7 Å². The van der Waals surface area contributed by atoms with Gasteiger partial charge in [-0.2, -0.15) is 21.6 Å². The minimum absolute atomic E-state index is 0.0940. The number of alkyl halides is 3. The average molecular weight is 699 g/mol. The van der Waals surface area contributed by atoms with Gasteiger partial charge in [0.05, 0.1) is 5.69 Å². The van der Waals surface area contributed by atoms with Gasteiger partial charge < -0.3 is 14.0 Å². The quantitative estimate of drug-likeness (QED) is 0.117. The van der Waals surface area contributed by atoms with E-state index in [0.717, 1.165) is 39.6 Å². The summed E-state index contributed by atoms with van der Waals surface area (Å²) in [6.45, 7) is 0. The number of benzene rings is 7. The van der Waals surface area contributed by atoms with Gasteiger partial charge in [0.25, 0.3) is 0 Å². The number of rotatable bonds is 8. The average Bonchev–Trinajstić information content (AvgIpc) is 3.51. The summed E-state index contributed by atoms with van der Waals surface area (Å²) in [5.41, 5.74) is 1.92. The third-order valence-corrected chi connectivity index (χ3v) is 9.95. The van der Waals surface area contributed by atoms with Crippen molar-refractivity contribution in [2.24, 2.45) is 0 Å². The molecular weight excluding hydrogens is 670 g/mol. The van der Waals surface area contributed by atoms with E-state index in [1.54, 1.807) is 11.0 Å². The first-order chi connectivity index (χ1) is 24.7. The topological polar surface area (TPSA) is 49.9 Å². The molecule has 51 heavy (non-hydrogen) atoms. The van der Waals surface area contributed by atoms with Crippen molar-refractivity contribution in [2.75, 3.05) is 9.80 Å². The zero-order valence-corrected chi connectivity index (χ0v) is 27.8. The molecule has 0 amide bonds. The third-order valence-electron chi connectivity index (χ3n) is 8.99. The van der Waals surface area contributed by atoms with Crippen molar-refractivity contribution in [2.45, 2.75) is 11.9 Å². The van der Waals surface area contributed by atoms with Gasteiger partial charge in [0, 0.05) is 22.7 Å². The largest absolute Gasteiger partial charge is 0.534 e. The smallest absolute Gasteiger partial charge is 0.374 e. The van der Waals surface area contributed by atoms with Crippen molar-refractivity contribution in [3.05, 3.63) is 175 Å². The first-order valence-corrected chi connectivity index (χ1v) is 17.6. The second-order valence-corrected chi connectivity index (χ2v) is 13.7. The van der Waals surface area contributed by atoms with E-state index in [9.17, 15) is 21.6 Å². The number of anilines is 6. The lowest BCUT2D eigenvalue weighted by Gasteiger charge is -2.34. The normalized spacial score (nSPS) is 12.3. The number of halogens is 3. The third kappa shape index (κ3) is 5.95. The van der Waals surface area contributed by atoms with Gasteiger partial charge in [-0.05, 0) is 100 Å². The molecule has 252 valence electrons. The molecule has 0 saturated carbocycles. The van der Waals surface area contributed by atoms with E-state index in [-0.39, 0.29) is 5.69 Å². The van der Waals surface area contributed by atoms with E-state index in [1.807, 2.05) is 126 Å². The van der Waals surface area contributed by atoms with E-state index in [4.69, 9.17) is 4.18 Å². The summed E-state index contributed by atoms with van der Waals surface area (Å²) < 4.78 is 72.5. The van der Waals surface area contributed by atoms with Crippen LogP contribution >= 0.6 is 0 Å². The Morgan fingerprint density at radius 1 is 0.510 bits per heavy atom. The van der Waals surface area contributed by atoms with Crippen LogP contribution < -0.4 is 14.0 Å². The first-order valence-electron chi connectivity index (χ1n) is 16.2. The molecule has 0 spiro atoms. The van der Waals surface area contributed by atoms with Crippen molar-refractivity contribution in [1.29, 1.82) is 0 Å². The van der Waals surface area contributed by atoms with Crippen LogP contribution in [0.3, 0.4) is 0 Å². The number of hydrogen-bond acceptors (Lipinski definition) is 5. The molecule has 0 saturated heterocycles. The highest BCUT2D eigenvalue weighted by Crippen LogP contribution is 2.52. The standard InChI is InChI=1S/C42H29F3N2O3S/c43-42(44,45)51(48,49)50-40-21-11-20-39(41(40)47(34-17-5-2-6-18-34)35-24-22-29-12-7-8-13-30(29)27-35)46(33-15-3-1-4-16-33)36-25-23-32-26-31-14-9-10-19-37(31)38(32)28-36/h1-25,27-28H,26H2. The molecule has 0 N–H and O–H groups in total. The Hall–Kier alpha value is -6.06. The molecule has 7 aromatic carbocycles. The second kappa shape index (κ2) is 12.7. The lowest BCUT2D eigenvalue weighted by molar-refractivity contribution is -0.0499. The van der Waals surface area contributed by atoms with Crippen LogP contribution in [0.25, 0.3) is 21.9 Å². The van der Waals surface area contributed by atoms with Crippen LogP contribution in [-0.4, -0.2) is 13.9 Å². The van der Waals surface area contributed by atoms with Crippen molar-refractivity contribution in [1.82, 2.24) is 0 Å². The highest BCUT2D eigenvalue weighted by molar-refractivity contribution is 7.88. The van der Waals surface area contributed by atoms with Gasteiger partial charge in [-0.1, -0.05) is 103 Å². The summed E-state index contributed by atoms with van der Waals surface area (Å²) in [7, 11) is -6.06. The van der Waals surface area contributed by atoms with Crippen LogP contribution in [0.4, 0.5) is 47.3 Å². The molecule has 0 bridgehead atoms. The van der Waals surface area contributed by atoms with Crippen LogP contribution in [0, 0.1) is 0 Å². The Bertz CT molecular complexity index is 2510. The van der Waals surface area contributed by atoms with Gasteiger partial charge in [-0.3, -0.25) is 0 Å². The minimum Gasteiger partial charge on any atom is -0.374 e. The monoisotopic (exact) mass is 698 g/mol. The summed E-state index contributed by atoms with van der Waals surface area (Å²) in [6, 6.07) is 50.7. The summed E-state index contributed by atoms with van der Waals surface area (Å²) in [5.74, 6) is -0.491. The minimum atomic E-state index is -6.06. The maximum Gasteiger partial charge on any atom is 0.534 e. The van der Waals surface area contributed by atoms with E-state index < -0.39 is 21.4 Å². The number of nitrogens with zero attached hydrogens (tertiary/aromatic N) is 2. The predicted octanol–water partition coefficient (Wildman–Crippen LogP) is 11.6. The molecule has 0 aliphatic heterocycles. The second-order valence-electron chi connectivity index (χ2n) is 12.2. The molecule has 5 nitrogen and oxygen atoms in total.